The molecule has 3 aromatic rings. The van der Waals surface area contributed by atoms with Crippen LogP contribution in [-0.4, -0.2) is 43.4 Å². The molecule has 0 saturated heterocycles. The van der Waals surface area contributed by atoms with Crippen LogP contribution in [0.3, 0.4) is 0 Å². The molecular formula is C20H24FN7O2. The van der Waals surface area contributed by atoms with Crippen LogP contribution in [0.1, 0.15) is 47.7 Å². The molecule has 0 radical (unpaired) electrons. The molecular weight excluding hydrogens is 389 g/mol. The number of fused-ring (bicyclic) bond motifs is 1. The van der Waals surface area contributed by atoms with Crippen molar-refractivity contribution in [3.8, 4) is 0 Å². The molecule has 1 atom stereocenters. The van der Waals surface area contributed by atoms with Crippen LogP contribution in [-0.2, 0) is 11.3 Å². The van der Waals surface area contributed by atoms with E-state index in [0.29, 0.717) is 6.42 Å². The topological polar surface area (TPSA) is 112 Å². The first-order valence-electron chi connectivity index (χ1n) is 9.53. The molecule has 0 saturated carbocycles. The molecule has 4 rings (SSSR count). The molecule has 158 valence electrons. The molecule has 2 N–H and O–H groups in total. The van der Waals surface area contributed by atoms with Crippen molar-refractivity contribution in [1.82, 2.24) is 24.5 Å². The van der Waals surface area contributed by atoms with Crippen molar-refractivity contribution in [2.24, 2.45) is 5.73 Å². The number of carbonyl (C=O) groups excluding carboxylic acids is 2. The van der Waals surface area contributed by atoms with Gasteiger partial charge in [-0.3, -0.25) is 9.59 Å². The van der Waals surface area contributed by atoms with Crippen LogP contribution < -0.4 is 10.6 Å². The Morgan fingerprint density at radius 3 is 2.57 bits per heavy atom. The second-order valence-corrected chi connectivity index (χ2v) is 7.06. The summed E-state index contributed by atoms with van der Waals surface area (Å²) in [5, 5.41) is 8.26. The molecule has 1 aromatic carbocycles. The maximum Gasteiger partial charge on any atom is 0.288 e. The number of nitrogens with zero attached hydrogens (tertiary/aromatic N) is 6. The van der Waals surface area contributed by atoms with E-state index in [1.165, 1.54) is 23.1 Å². The Morgan fingerprint density at radius 2 is 1.93 bits per heavy atom. The number of halogens is 1. The van der Waals surface area contributed by atoms with Crippen LogP contribution in [0, 0.1) is 12.7 Å². The Kier molecular flexibility index (Phi) is 6.24. The lowest BCUT2D eigenvalue weighted by Gasteiger charge is -2.13. The third-order valence-electron chi connectivity index (χ3n) is 4.84. The van der Waals surface area contributed by atoms with E-state index in [0.717, 1.165) is 30.0 Å². The molecule has 9 nitrogen and oxygen atoms in total. The Hall–Kier alpha value is -3.56. The Bertz CT molecular complexity index is 1040. The molecule has 10 heteroatoms. The van der Waals surface area contributed by atoms with Crippen molar-refractivity contribution in [3.63, 3.8) is 0 Å². The number of benzene rings is 1. The molecule has 1 aliphatic rings. The Balaban J connectivity index is 0.000000177. The molecule has 0 spiro atoms. The van der Waals surface area contributed by atoms with Gasteiger partial charge in [-0.2, -0.15) is 5.10 Å². The average molecular weight is 413 g/mol. The summed E-state index contributed by atoms with van der Waals surface area (Å²) in [7, 11) is 1.81. The molecule has 0 aliphatic carbocycles. The average Bonchev–Trinajstić information content (AvgIpc) is 3.32. The van der Waals surface area contributed by atoms with Crippen LogP contribution in [0.2, 0.25) is 0 Å². The molecule has 30 heavy (non-hydrogen) atoms. The minimum Gasteiger partial charge on any atom is -0.363 e. The SMILES string of the molecule is CC(c1ccc(F)cc1)n1cnc(C(N)=O)n1.Cc1cc2n(n1)CCCC(=O)N2C. The van der Waals surface area contributed by atoms with Gasteiger partial charge in [-0.05, 0) is 38.0 Å². The number of anilines is 1. The Labute approximate surface area is 173 Å². The van der Waals surface area contributed by atoms with Gasteiger partial charge in [-0.25, -0.2) is 18.7 Å². The number of hydrogen-bond donors (Lipinski definition) is 1. The number of aryl methyl sites for hydroxylation is 2. The number of primary amides is 1. The van der Waals surface area contributed by atoms with Crippen LogP contribution in [0.5, 0.6) is 0 Å². The fraction of sp³-hybridized carbons (Fsp3) is 0.350. The normalized spacial score (nSPS) is 14.4. The van der Waals surface area contributed by atoms with E-state index < -0.39 is 5.91 Å². The zero-order valence-corrected chi connectivity index (χ0v) is 17.1. The minimum atomic E-state index is -0.671. The highest BCUT2D eigenvalue weighted by atomic mass is 19.1. The maximum absolute atomic E-state index is 12.8. The van der Waals surface area contributed by atoms with E-state index >= 15 is 0 Å². The third-order valence-corrected chi connectivity index (χ3v) is 4.84. The van der Waals surface area contributed by atoms with Gasteiger partial charge >= 0.3 is 0 Å². The smallest absolute Gasteiger partial charge is 0.288 e. The van der Waals surface area contributed by atoms with Crippen molar-refractivity contribution in [2.45, 2.75) is 39.3 Å². The highest BCUT2D eigenvalue weighted by molar-refractivity contribution is 5.92. The van der Waals surface area contributed by atoms with Gasteiger partial charge in [0.2, 0.25) is 11.7 Å². The van der Waals surface area contributed by atoms with E-state index in [1.807, 2.05) is 24.6 Å². The molecule has 3 heterocycles. The van der Waals surface area contributed by atoms with Gasteiger partial charge in [0.25, 0.3) is 5.91 Å². The summed E-state index contributed by atoms with van der Waals surface area (Å²) in [6.07, 6.45) is 2.93. The molecule has 0 bridgehead atoms. The van der Waals surface area contributed by atoms with E-state index in [-0.39, 0.29) is 23.6 Å². The first kappa shape index (κ1) is 21.2. The predicted molar refractivity (Wildman–Crippen MR) is 108 cm³/mol. The van der Waals surface area contributed by atoms with Crippen LogP contribution in [0.4, 0.5) is 10.2 Å². The molecule has 2 aromatic heterocycles. The lowest BCUT2D eigenvalue weighted by molar-refractivity contribution is -0.118. The summed E-state index contributed by atoms with van der Waals surface area (Å²) in [6.45, 7) is 4.66. The number of carbonyl (C=O) groups is 2. The van der Waals surface area contributed by atoms with E-state index in [9.17, 15) is 14.0 Å². The second-order valence-electron chi connectivity index (χ2n) is 7.06. The predicted octanol–water partition coefficient (Wildman–Crippen LogP) is 2.07. The lowest BCUT2D eigenvalue weighted by Crippen LogP contribution is -2.25. The second kappa shape index (κ2) is 8.85. The summed E-state index contributed by atoms with van der Waals surface area (Å²) >= 11 is 0. The fourth-order valence-corrected chi connectivity index (χ4v) is 3.11. The Morgan fingerprint density at radius 1 is 1.23 bits per heavy atom. The lowest BCUT2D eigenvalue weighted by atomic mass is 10.1. The van der Waals surface area contributed by atoms with Crippen LogP contribution in [0.25, 0.3) is 0 Å². The first-order chi connectivity index (χ1) is 14.3. The largest absolute Gasteiger partial charge is 0.363 e. The quantitative estimate of drug-likeness (QED) is 0.706. The zero-order valence-electron chi connectivity index (χ0n) is 17.1. The van der Waals surface area contributed by atoms with Gasteiger partial charge in [0.05, 0.1) is 11.7 Å². The number of amides is 2. The van der Waals surface area contributed by atoms with Crippen molar-refractivity contribution >= 4 is 17.6 Å². The molecule has 1 aliphatic heterocycles. The van der Waals surface area contributed by atoms with E-state index in [2.05, 4.69) is 15.2 Å². The van der Waals surface area contributed by atoms with Crippen LogP contribution in [0.15, 0.2) is 36.7 Å². The van der Waals surface area contributed by atoms with E-state index in [1.54, 1.807) is 24.1 Å². The number of aromatic nitrogens is 5. The van der Waals surface area contributed by atoms with Crippen molar-refractivity contribution < 1.29 is 14.0 Å². The van der Waals surface area contributed by atoms with Gasteiger partial charge < -0.3 is 10.6 Å². The molecule has 1 unspecified atom stereocenters. The van der Waals surface area contributed by atoms with Crippen molar-refractivity contribution in [1.29, 1.82) is 0 Å². The van der Waals surface area contributed by atoms with E-state index in [4.69, 9.17) is 5.73 Å². The summed E-state index contributed by atoms with van der Waals surface area (Å²) < 4.78 is 16.2. The highest BCUT2D eigenvalue weighted by Gasteiger charge is 2.19. The first-order valence-corrected chi connectivity index (χ1v) is 9.53. The van der Waals surface area contributed by atoms with Gasteiger partial charge in [0.15, 0.2) is 0 Å². The highest BCUT2D eigenvalue weighted by Crippen LogP contribution is 2.20. The minimum absolute atomic E-state index is 0.0287. The zero-order chi connectivity index (χ0) is 21.8. The summed E-state index contributed by atoms with van der Waals surface area (Å²) in [5.41, 5.74) is 6.90. The third kappa shape index (κ3) is 4.70. The number of rotatable bonds is 3. The summed E-state index contributed by atoms with van der Waals surface area (Å²) in [5.74, 6) is 0.102. The van der Waals surface area contributed by atoms with Crippen molar-refractivity contribution in [2.75, 3.05) is 11.9 Å². The molecule has 0 fully saturated rings. The maximum atomic E-state index is 12.8. The van der Waals surface area contributed by atoms with Gasteiger partial charge in [-0.1, -0.05) is 12.1 Å². The van der Waals surface area contributed by atoms with Crippen molar-refractivity contribution in [3.05, 3.63) is 59.6 Å². The van der Waals surface area contributed by atoms with Gasteiger partial charge in [0, 0.05) is 26.1 Å². The number of hydrogen-bond acceptors (Lipinski definition) is 5. The molecule has 2 amide bonds. The summed E-state index contributed by atoms with van der Waals surface area (Å²) in [4.78, 5) is 27.8. The number of nitrogens with two attached hydrogens (primary N) is 1. The van der Waals surface area contributed by atoms with Crippen LogP contribution >= 0.6 is 0 Å². The standard InChI is InChI=1S/C11H11FN4O.C9H13N3O/c1-7(8-2-4-9(12)5-3-8)16-6-14-11(15-16)10(13)17;1-7-6-8-11(2)9(13)4-3-5-12(8)10-7/h2-7H,1H3,(H2,13,17);6H,3-5H2,1-2H3. The monoisotopic (exact) mass is 413 g/mol. The summed E-state index contributed by atoms with van der Waals surface area (Å²) in [6, 6.07) is 7.87. The fourth-order valence-electron chi connectivity index (χ4n) is 3.11. The van der Waals surface area contributed by atoms with Gasteiger partial charge in [-0.15, -0.1) is 5.10 Å². The van der Waals surface area contributed by atoms with Gasteiger partial charge in [0.1, 0.15) is 18.0 Å².